The Balaban J connectivity index is 2.63. The van der Waals surface area contributed by atoms with Crippen molar-refractivity contribution >= 4 is 5.82 Å². The van der Waals surface area contributed by atoms with Crippen LogP contribution in [-0.4, -0.2) is 27.7 Å². The van der Waals surface area contributed by atoms with Crippen LogP contribution in [-0.2, 0) is 0 Å². The SMILES string of the molecule is Cc1ncc(NCC(C)O)nc1C. The highest BCUT2D eigenvalue weighted by atomic mass is 16.3. The van der Waals surface area contributed by atoms with Crippen molar-refractivity contribution in [3.8, 4) is 0 Å². The van der Waals surface area contributed by atoms with Gasteiger partial charge in [-0.05, 0) is 20.8 Å². The zero-order valence-corrected chi connectivity index (χ0v) is 8.20. The van der Waals surface area contributed by atoms with E-state index in [2.05, 4.69) is 15.3 Å². The van der Waals surface area contributed by atoms with Gasteiger partial charge in [-0.25, -0.2) is 4.98 Å². The lowest BCUT2D eigenvalue weighted by molar-refractivity contribution is 0.208. The molecule has 0 radical (unpaired) electrons. The first-order chi connectivity index (χ1) is 6.09. The number of aliphatic hydroxyl groups excluding tert-OH is 1. The van der Waals surface area contributed by atoms with Crippen molar-refractivity contribution in [2.75, 3.05) is 11.9 Å². The summed E-state index contributed by atoms with van der Waals surface area (Å²) in [4.78, 5) is 8.41. The average Bonchev–Trinajstić information content (AvgIpc) is 2.07. The summed E-state index contributed by atoms with van der Waals surface area (Å²) in [5.41, 5.74) is 1.85. The van der Waals surface area contributed by atoms with Gasteiger partial charge in [-0.2, -0.15) is 0 Å². The Morgan fingerprint density at radius 1 is 1.46 bits per heavy atom. The van der Waals surface area contributed by atoms with Gasteiger partial charge in [0.25, 0.3) is 0 Å². The summed E-state index contributed by atoms with van der Waals surface area (Å²) in [6, 6.07) is 0. The van der Waals surface area contributed by atoms with Crippen LogP contribution in [0.4, 0.5) is 5.82 Å². The van der Waals surface area contributed by atoms with Gasteiger partial charge >= 0.3 is 0 Å². The average molecular weight is 181 g/mol. The normalized spacial score (nSPS) is 12.6. The summed E-state index contributed by atoms with van der Waals surface area (Å²) < 4.78 is 0. The third kappa shape index (κ3) is 2.99. The summed E-state index contributed by atoms with van der Waals surface area (Å²) in [7, 11) is 0. The van der Waals surface area contributed by atoms with E-state index >= 15 is 0 Å². The van der Waals surface area contributed by atoms with E-state index in [1.54, 1.807) is 13.1 Å². The molecule has 0 aliphatic rings. The van der Waals surface area contributed by atoms with E-state index in [-0.39, 0.29) is 6.10 Å². The van der Waals surface area contributed by atoms with Crippen LogP contribution in [0.2, 0.25) is 0 Å². The van der Waals surface area contributed by atoms with Gasteiger partial charge in [0.1, 0.15) is 5.82 Å². The molecule has 72 valence electrons. The molecule has 2 N–H and O–H groups in total. The number of aromatic nitrogens is 2. The van der Waals surface area contributed by atoms with E-state index in [1.165, 1.54) is 0 Å². The van der Waals surface area contributed by atoms with E-state index in [1.807, 2.05) is 13.8 Å². The lowest BCUT2D eigenvalue weighted by Crippen LogP contribution is -2.16. The first-order valence-electron chi connectivity index (χ1n) is 4.32. The van der Waals surface area contributed by atoms with Gasteiger partial charge in [0.05, 0.1) is 23.7 Å². The molecular weight excluding hydrogens is 166 g/mol. The Hall–Kier alpha value is -1.16. The predicted molar refractivity (Wildman–Crippen MR) is 51.7 cm³/mol. The third-order valence-electron chi connectivity index (χ3n) is 1.77. The molecule has 1 unspecified atom stereocenters. The quantitative estimate of drug-likeness (QED) is 0.727. The van der Waals surface area contributed by atoms with Gasteiger partial charge in [0.2, 0.25) is 0 Å². The van der Waals surface area contributed by atoms with E-state index in [0.717, 1.165) is 11.4 Å². The number of hydrogen-bond donors (Lipinski definition) is 2. The maximum absolute atomic E-state index is 9.03. The molecule has 0 aliphatic carbocycles. The molecule has 0 aliphatic heterocycles. The maximum atomic E-state index is 9.03. The number of rotatable bonds is 3. The Kier molecular flexibility index (Phi) is 3.19. The molecule has 1 rings (SSSR count). The molecule has 0 bridgehead atoms. The van der Waals surface area contributed by atoms with E-state index < -0.39 is 0 Å². The number of hydrogen-bond acceptors (Lipinski definition) is 4. The van der Waals surface area contributed by atoms with Crippen molar-refractivity contribution in [3.63, 3.8) is 0 Å². The van der Waals surface area contributed by atoms with Crippen molar-refractivity contribution in [1.29, 1.82) is 0 Å². The minimum atomic E-state index is -0.372. The number of aryl methyl sites for hydroxylation is 2. The lowest BCUT2D eigenvalue weighted by atomic mass is 10.3. The van der Waals surface area contributed by atoms with Crippen molar-refractivity contribution in [2.45, 2.75) is 26.9 Å². The van der Waals surface area contributed by atoms with E-state index in [4.69, 9.17) is 5.11 Å². The molecule has 0 saturated carbocycles. The highest BCUT2D eigenvalue weighted by molar-refractivity contribution is 5.33. The van der Waals surface area contributed by atoms with Crippen LogP contribution < -0.4 is 5.32 Å². The molecule has 0 amide bonds. The third-order valence-corrected chi connectivity index (χ3v) is 1.77. The summed E-state index contributed by atoms with van der Waals surface area (Å²) in [6.07, 6.45) is 1.30. The molecule has 1 heterocycles. The van der Waals surface area contributed by atoms with Crippen molar-refractivity contribution < 1.29 is 5.11 Å². The number of nitrogens with one attached hydrogen (secondary N) is 1. The first-order valence-corrected chi connectivity index (χ1v) is 4.32. The second-order valence-corrected chi connectivity index (χ2v) is 3.16. The van der Waals surface area contributed by atoms with E-state index in [0.29, 0.717) is 12.4 Å². The maximum Gasteiger partial charge on any atom is 0.144 e. The fourth-order valence-corrected chi connectivity index (χ4v) is 0.879. The van der Waals surface area contributed by atoms with E-state index in [9.17, 15) is 0 Å². The standard InChI is InChI=1S/C9H15N3O/c1-6(13)4-11-9-5-10-7(2)8(3)12-9/h5-6,13H,4H2,1-3H3,(H,11,12). The van der Waals surface area contributed by atoms with Crippen molar-refractivity contribution in [2.24, 2.45) is 0 Å². The molecule has 1 aromatic rings. The molecule has 1 atom stereocenters. The van der Waals surface area contributed by atoms with Crippen LogP contribution in [0.15, 0.2) is 6.20 Å². The van der Waals surface area contributed by atoms with Gasteiger partial charge in [-0.3, -0.25) is 4.98 Å². The van der Waals surface area contributed by atoms with Gasteiger partial charge in [0, 0.05) is 6.54 Å². The van der Waals surface area contributed by atoms with Crippen LogP contribution in [0.25, 0.3) is 0 Å². The largest absolute Gasteiger partial charge is 0.392 e. The summed E-state index contributed by atoms with van der Waals surface area (Å²) in [5.74, 6) is 0.712. The molecule has 4 nitrogen and oxygen atoms in total. The van der Waals surface area contributed by atoms with Gasteiger partial charge in [-0.15, -0.1) is 0 Å². The fraction of sp³-hybridized carbons (Fsp3) is 0.556. The second-order valence-electron chi connectivity index (χ2n) is 3.16. The number of nitrogens with zero attached hydrogens (tertiary/aromatic N) is 2. The van der Waals surface area contributed by atoms with Crippen LogP contribution in [0.3, 0.4) is 0 Å². The van der Waals surface area contributed by atoms with Crippen LogP contribution in [0.5, 0.6) is 0 Å². The predicted octanol–water partition coefficient (Wildman–Crippen LogP) is 0.886. The molecule has 0 fully saturated rings. The highest BCUT2D eigenvalue weighted by Gasteiger charge is 1.99. The molecule has 0 aromatic carbocycles. The topological polar surface area (TPSA) is 58.0 Å². The molecule has 4 heteroatoms. The zero-order chi connectivity index (χ0) is 9.84. The smallest absolute Gasteiger partial charge is 0.144 e. The Bertz CT molecular complexity index is 286. The first kappa shape index (κ1) is 9.92. The minimum absolute atomic E-state index is 0.372. The van der Waals surface area contributed by atoms with Crippen LogP contribution >= 0.6 is 0 Å². The zero-order valence-electron chi connectivity index (χ0n) is 8.20. The van der Waals surface area contributed by atoms with Crippen molar-refractivity contribution in [3.05, 3.63) is 17.6 Å². The van der Waals surface area contributed by atoms with Gasteiger partial charge in [-0.1, -0.05) is 0 Å². The summed E-state index contributed by atoms with van der Waals surface area (Å²) in [5, 5.41) is 12.0. The molecule has 1 aromatic heterocycles. The molecular formula is C9H15N3O. The second kappa shape index (κ2) is 4.18. The van der Waals surface area contributed by atoms with Crippen LogP contribution in [0, 0.1) is 13.8 Å². The van der Waals surface area contributed by atoms with Gasteiger partial charge < -0.3 is 10.4 Å². The van der Waals surface area contributed by atoms with Crippen LogP contribution in [0.1, 0.15) is 18.3 Å². The Labute approximate surface area is 78.0 Å². The monoisotopic (exact) mass is 181 g/mol. The van der Waals surface area contributed by atoms with Gasteiger partial charge in [0.15, 0.2) is 0 Å². The summed E-state index contributed by atoms with van der Waals surface area (Å²) >= 11 is 0. The molecule has 0 spiro atoms. The summed E-state index contributed by atoms with van der Waals surface area (Å²) in [6.45, 7) is 6.05. The Morgan fingerprint density at radius 3 is 2.69 bits per heavy atom. The highest BCUT2D eigenvalue weighted by Crippen LogP contribution is 2.05. The lowest BCUT2D eigenvalue weighted by Gasteiger charge is -2.08. The molecule has 13 heavy (non-hydrogen) atoms. The minimum Gasteiger partial charge on any atom is -0.392 e. The fourth-order valence-electron chi connectivity index (χ4n) is 0.879. The Morgan fingerprint density at radius 2 is 2.15 bits per heavy atom. The van der Waals surface area contributed by atoms with Crippen molar-refractivity contribution in [1.82, 2.24) is 9.97 Å². The number of anilines is 1. The molecule has 0 saturated heterocycles. The number of aliphatic hydroxyl groups is 1.